The van der Waals surface area contributed by atoms with Crippen molar-refractivity contribution in [1.29, 1.82) is 0 Å². The van der Waals surface area contributed by atoms with E-state index in [0.717, 1.165) is 56.6 Å². The third-order valence-electron chi connectivity index (χ3n) is 7.30. The van der Waals surface area contributed by atoms with Crippen molar-refractivity contribution in [2.45, 2.75) is 38.6 Å². The molecule has 0 spiro atoms. The fourth-order valence-corrected chi connectivity index (χ4v) is 5.37. The van der Waals surface area contributed by atoms with Crippen molar-refractivity contribution >= 4 is 17.3 Å². The zero-order valence-corrected chi connectivity index (χ0v) is 20.8. The van der Waals surface area contributed by atoms with Gasteiger partial charge in [-0.3, -0.25) is 9.59 Å². The second-order valence-corrected chi connectivity index (χ2v) is 9.84. The van der Waals surface area contributed by atoms with Crippen LogP contribution in [-0.2, 0) is 17.8 Å². The van der Waals surface area contributed by atoms with E-state index in [-0.39, 0.29) is 17.4 Å². The van der Waals surface area contributed by atoms with Crippen molar-refractivity contribution < 1.29 is 4.79 Å². The van der Waals surface area contributed by atoms with Crippen molar-refractivity contribution in [3.05, 3.63) is 88.3 Å². The van der Waals surface area contributed by atoms with Crippen molar-refractivity contribution in [2.75, 3.05) is 42.5 Å². The Labute approximate surface area is 212 Å². The van der Waals surface area contributed by atoms with Gasteiger partial charge in [0.2, 0.25) is 5.91 Å². The maximum Gasteiger partial charge on any atom is 0.269 e. The molecule has 3 aromatic rings. The number of carbonyl (C=O) groups is 1. The van der Waals surface area contributed by atoms with Crippen molar-refractivity contribution in [3.63, 3.8) is 0 Å². The zero-order chi connectivity index (χ0) is 24.7. The van der Waals surface area contributed by atoms with Crippen LogP contribution in [0, 0.1) is 5.92 Å². The Hall–Kier alpha value is -3.61. The summed E-state index contributed by atoms with van der Waals surface area (Å²) in [7, 11) is 0. The molecule has 7 nitrogen and oxygen atoms in total. The predicted molar refractivity (Wildman–Crippen MR) is 144 cm³/mol. The molecular weight excluding hydrogens is 450 g/mol. The van der Waals surface area contributed by atoms with Crippen LogP contribution >= 0.6 is 0 Å². The van der Waals surface area contributed by atoms with Crippen LogP contribution in [0.1, 0.15) is 36.8 Å². The summed E-state index contributed by atoms with van der Waals surface area (Å²) in [6, 6.07) is 20.1. The van der Waals surface area contributed by atoms with Gasteiger partial charge in [0.05, 0.1) is 24.3 Å². The largest absolute Gasteiger partial charge is 0.371 e. The molecule has 2 aliphatic heterocycles. The third-order valence-corrected chi connectivity index (χ3v) is 7.30. The zero-order valence-electron chi connectivity index (χ0n) is 20.8. The Balaban J connectivity index is 1.11. The molecule has 36 heavy (non-hydrogen) atoms. The molecule has 1 atom stereocenters. The Morgan fingerprint density at radius 2 is 1.86 bits per heavy atom. The van der Waals surface area contributed by atoms with Crippen molar-refractivity contribution in [2.24, 2.45) is 5.92 Å². The molecule has 1 fully saturated rings. The number of benzene rings is 2. The molecule has 5 rings (SSSR count). The van der Waals surface area contributed by atoms with Crippen molar-refractivity contribution in [1.82, 2.24) is 15.1 Å². The predicted octanol–water partition coefficient (Wildman–Crippen LogP) is 3.47. The fraction of sp³-hybridized carbons (Fsp3) is 0.414. The molecular formula is C29H35N5O2. The van der Waals surface area contributed by atoms with E-state index in [4.69, 9.17) is 0 Å². The molecule has 1 N–H and O–H groups in total. The van der Waals surface area contributed by atoms with E-state index in [0.29, 0.717) is 19.6 Å². The molecule has 0 saturated carbocycles. The molecule has 1 saturated heterocycles. The lowest BCUT2D eigenvalue weighted by Crippen LogP contribution is -2.44. The lowest BCUT2D eigenvalue weighted by atomic mass is 9.96. The number of nitrogens with one attached hydrogen (secondary N) is 1. The third kappa shape index (κ3) is 5.78. The van der Waals surface area contributed by atoms with Gasteiger partial charge in [0, 0.05) is 44.5 Å². The van der Waals surface area contributed by atoms with Gasteiger partial charge < -0.3 is 15.1 Å². The number of aromatic nitrogens is 2. The average molecular weight is 486 g/mol. The lowest BCUT2D eigenvalue weighted by molar-refractivity contribution is -0.125. The fourth-order valence-electron chi connectivity index (χ4n) is 5.37. The highest BCUT2D eigenvalue weighted by molar-refractivity contribution is 5.79. The van der Waals surface area contributed by atoms with Crippen LogP contribution in [0.15, 0.2) is 71.7 Å². The lowest BCUT2D eigenvalue weighted by Gasteiger charge is -2.33. The van der Waals surface area contributed by atoms with Crippen LogP contribution in [0.4, 0.5) is 11.4 Å². The molecule has 0 aliphatic carbocycles. The number of amides is 1. The number of rotatable bonds is 8. The first kappa shape index (κ1) is 24.1. The highest BCUT2D eigenvalue weighted by atomic mass is 16.2. The summed E-state index contributed by atoms with van der Waals surface area (Å²) in [5.41, 5.74) is 4.49. The van der Waals surface area contributed by atoms with Gasteiger partial charge >= 0.3 is 0 Å². The van der Waals surface area contributed by atoms with Crippen LogP contribution in [-0.4, -0.2) is 48.4 Å². The van der Waals surface area contributed by atoms with E-state index >= 15 is 0 Å². The number of fused-ring (bicyclic) bond motifs is 1. The van der Waals surface area contributed by atoms with Crippen LogP contribution in [0.3, 0.4) is 0 Å². The molecule has 2 aromatic carbocycles. The standard InChI is InChI=1S/C29H35N5O2/c35-28-19-26(20-31-34(28)21-23-9-2-1-3-10-23)33-17-7-13-25(22-33)29(36)30-15-8-18-32-16-6-12-24-11-4-5-14-27(24)32/h1-5,9-11,14,19-20,25H,6-8,12-13,15-18,21-22H2,(H,30,36)/t25-/m0/s1. The molecule has 0 radical (unpaired) electrons. The minimum absolute atomic E-state index is 0.0683. The van der Waals surface area contributed by atoms with Crippen LogP contribution in [0.5, 0.6) is 0 Å². The molecule has 0 unspecified atom stereocenters. The summed E-state index contributed by atoms with van der Waals surface area (Å²) >= 11 is 0. The normalized spacial score (nSPS) is 17.5. The van der Waals surface area contributed by atoms with Gasteiger partial charge in [0.25, 0.3) is 5.56 Å². The first-order valence-corrected chi connectivity index (χ1v) is 13.1. The first-order chi connectivity index (χ1) is 17.7. The molecule has 2 aliphatic rings. The summed E-state index contributed by atoms with van der Waals surface area (Å²) < 4.78 is 1.48. The second-order valence-electron chi connectivity index (χ2n) is 9.84. The average Bonchev–Trinajstić information content (AvgIpc) is 2.93. The van der Waals surface area contributed by atoms with Crippen molar-refractivity contribution in [3.8, 4) is 0 Å². The van der Waals surface area contributed by atoms with Gasteiger partial charge in [-0.15, -0.1) is 0 Å². The number of carbonyl (C=O) groups excluding carboxylic acids is 1. The summed E-state index contributed by atoms with van der Waals surface area (Å²) in [4.78, 5) is 30.2. The van der Waals surface area contributed by atoms with Gasteiger partial charge in [-0.05, 0) is 49.3 Å². The molecule has 1 amide bonds. The van der Waals surface area contributed by atoms with Gasteiger partial charge in [-0.1, -0.05) is 48.5 Å². The van der Waals surface area contributed by atoms with Gasteiger partial charge in [0.1, 0.15) is 0 Å². The van der Waals surface area contributed by atoms with Crippen LogP contribution < -0.4 is 20.7 Å². The number of piperidine rings is 1. The Bertz CT molecular complexity index is 1230. The highest BCUT2D eigenvalue weighted by Gasteiger charge is 2.26. The number of hydrogen-bond acceptors (Lipinski definition) is 5. The second kappa shape index (κ2) is 11.4. The maximum atomic E-state index is 12.9. The number of aryl methyl sites for hydroxylation is 1. The summed E-state index contributed by atoms with van der Waals surface area (Å²) in [5, 5.41) is 7.56. The van der Waals surface area contributed by atoms with E-state index in [1.54, 1.807) is 12.3 Å². The maximum absolute atomic E-state index is 12.9. The minimum atomic E-state index is -0.123. The minimum Gasteiger partial charge on any atom is -0.371 e. The number of para-hydroxylation sites is 1. The molecule has 0 bridgehead atoms. The van der Waals surface area contributed by atoms with Gasteiger partial charge in [-0.2, -0.15) is 5.10 Å². The van der Waals surface area contributed by atoms with Crippen LogP contribution in [0.2, 0.25) is 0 Å². The topological polar surface area (TPSA) is 70.5 Å². The summed E-state index contributed by atoms with van der Waals surface area (Å²) in [5.74, 6) is 0.0466. The molecule has 1 aromatic heterocycles. The van der Waals surface area contributed by atoms with E-state index in [1.165, 1.54) is 22.4 Å². The first-order valence-electron chi connectivity index (χ1n) is 13.1. The Kier molecular flexibility index (Phi) is 7.64. The number of nitrogens with zero attached hydrogens (tertiary/aromatic N) is 4. The van der Waals surface area contributed by atoms with E-state index in [2.05, 4.69) is 44.5 Å². The highest BCUT2D eigenvalue weighted by Crippen LogP contribution is 2.26. The van der Waals surface area contributed by atoms with E-state index in [9.17, 15) is 9.59 Å². The van der Waals surface area contributed by atoms with Gasteiger partial charge in [-0.25, -0.2) is 4.68 Å². The SMILES string of the molecule is O=C(NCCCN1CCCc2ccccc21)[C@H]1CCCN(c2cnn(Cc3ccccc3)c(=O)c2)C1. The van der Waals surface area contributed by atoms with Gasteiger partial charge in [0.15, 0.2) is 0 Å². The summed E-state index contributed by atoms with van der Waals surface area (Å²) in [6.07, 6.45) is 6.82. The molecule has 188 valence electrons. The van der Waals surface area contributed by atoms with E-state index in [1.807, 2.05) is 30.3 Å². The number of hydrogen-bond donors (Lipinski definition) is 1. The van der Waals surface area contributed by atoms with E-state index < -0.39 is 0 Å². The summed E-state index contributed by atoms with van der Waals surface area (Å²) in [6.45, 7) is 4.63. The Morgan fingerprint density at radius 3 is 2.72 bits per heavy atom. The monoisotopic (exact) mass is 485 g/mol. The Morgan fingerprint density at radius 1 is 1.03 bits per heavy atom. The molecule has 3 heterocycles. The quantitative estimate of drug-likeness (QED) is 0.495. The molecule has 7 heteroatoms. The van der Waals surface area contributed by atoms with Crippen LogP contribution in [0.25, 0.3) is 0 Å². The number of anilines is 2. The smallest absolute Gasteiger partial charge is 0.269 e.